The van der Waals surface area contributed by atoms with Crippen molar-refractivity contribution in [2.75, 3.05) is 23.8 Å². The Kier molecular flexibility index (Phi) is 5.05. The fraction of sp³-hybridized carbons (Fsp3) is 0.583. The second-order valence-corrected chi connectivity index (χ2v) is 4.03. The monoisotopic (exact) mass is 223 g/mol. The molecule has 0 aliphatic rings. The average molecular weight is 223 g/mol. The first-order chi connectivity index (χ1) is 7.67. The van der Waals surface area contributed by atoms with Gasteiger partial charge in [-0.05, 0) is 31.9 Å². The van der Waals surface area contributed by atoms with Gasteiger partial charge in [0.15, 0.2) is 0 Å². The smallest absolute Gasteiger partial charge is 0.128 e. The molecule has 0 spiro atoms. The molecule has 0 radical (unpaired) electrons. The first-order valence-electron chi connectivity index (χ1n) is 5.75. The molecule has 16 heavy (non-hydrogen) atoms. The van der Waals surface area contributed by atoms with Gasteiger partial charge < -0.3 is 15.7 Å². The Bertz CT molecular complexity index is 317. The Morgan fingerprint density at radius 1 is 1.31 bits per heavy atom. The summed E-state index contributed by atoms with van der Waals surface area (Å²) in [7, 11) is 0. The van der Waals surface area contributed by atoms with Crippen molar-refractivity contribution in [2.24, 2.45) is 5.92 Å². The molecule has 0 fully saturated rings. The van der Waals surface area contributed by atoms with Crippen LogP contribution in [0.1, 0.15) is 20.8 Å². The van der Waals surface area contributed by atoms with Crippen LogP contribution in [-0.4, -0.2) is 29.3 Å². The van der Waals surface area contributed by atoms with Gasteiger partial charge in [0.1, 0.15) is 11.6 Å². The van der Waals surface area contributed by atoms with Crippen LogP contribution in [0.15, 0.2) is 18.2 Å². The zero-order valence-electron chi connectivity index (χ0n) is 10.2. The van der Waals surface area contributed by atoms with E-state index in [4.69, 9.17) is 5.11 Å². The maximum absolute atomic E-state index is 9.05. The van der Waals surface area contributed by atoms with E-state index in [1.165, 1.54) is 0 Å². The van der Waals surface area contributed by atoms with Gasteiger partial charge in [0.25, 0.3) is 0 Å². The summed E-state index contributed by atoms with van der Waals surface area (Å²) in [5.74, 6) is 1.92. The van der Waals surface area contributed by atoms with Gasteiger partial charge >= 0.3 is 0 Å². The molecule has 1 aromatic heterocycles. The third kappa shape index (κ3) is 3.70. The number of aliphatic hydroxyl groups excluding tert-OH is 1. The lowest BCUT2D eigenvalue weighted by atomic mass is 10.1. The Labute approximate surface area is 97.1 Å². The SMILES string of the molecule is CCNc1cccc(NC(C)C(C)CO)n1. The molecule has 1 aromatic rings. The van der Waals surface area contributed by atoms with E-state index in [-0.39, 0.29) is 18.6 Å². The molecular weight excluding hydrogens is 202 g/mol. The van der Waals surface area contributed by atoms with E-state index in [9.17, 15) is 0 Å². The van der Waals surface area contributed by atoms with E-state index < -0.39 is 0 Å². The van der Waals surface area contributed by atoms with Gasteiger partial charge in [-0.25, -0.2) is 4.98 Å². The van der Waals surface area contributed by atoms with Crippen molar-refractivity contribution in [3.63, 3.8) is 0 Å². The van der Waals surface area contributed by atoms with Crippen LogP contribution in [0.4, 0.5) is 11.6 Å². The number of anilines is 2. The largest absolute Gasteiger partial charge is 0.396 e. The predicted molar refractivity (Wildman–Crippen MR) is 67.7 cm³/mol. The number of pyridine rings is 1. The predicted octanol–water partition coefficient (Wildman–Crippen LogP) is 1.94. The molecule has 0 aromatic carbocycles. The third-order valence-corrected chi connectivity index (χ3v) is 2.62. The normalized spacial score (nSPS) is 14.2. The molecule has 4 heteroatoms. The van der Waals surface area contributed by atoms with Crippen molar-refractivity contribution in [1.82, 2.24) is 4.98 Å². The molecule has 3 N–H and O–H groups in total. The van der Waals surface area contributed by atoms with E-state index in [2.05, 4.69) is 15.6 Å². The van der Waals surface area contributed by atoms with E-state index in [0.29, 0.717) is 0 Å². The number of nitrogens with zero attached hydrogens (tertiary/aromatic N) is 1. The standard InChI is InChI=1S/C12H21N3O/c1-4-13-11-6-5-7-12(15-11)14-10(3)9(2)8-16/h5-7,9-10,16H,4,8H2,1-3H3,(H2,13,14,15). The molecule has 0 aliphatic heterocycles. The van der Waals surface area contributed by atoms with Crippen LogP contribution in [0, 0.1) is 5.92 Å². The van der Waals surface area contributed by atoms with E-state index in [0.717, 1.165) is 18.2 Å². The van der Waals surface area contributed by atoms with Crippen molar-refractivity contribution in [1.29, 1.82) is 0 Å². The highest BCUT2D eigenvalue weighted by molar-refractivity contribution is 5.45. The summed E-state index contributed by atoms with van der Waals surface area (Å²) in [6.07, 6.45) is 0. The minimum absolute atomic E-state index is 0.182. The molecule has 0 bridgehead atoms. The number of hydrogen-bond acceptors (Lipinski definition) is 4. The lowest BCUT2D eigenvalue weighted by Crippen LogP contribution is -2.26. The maximum atomic E-state index is 9.05. The van der Waals surface area contributed by atoms with Gasteiger partial charge in [0.2, 0.25) is 0 Å². The summed E-state index contributed by atoms with van der Waals surface area (Å²) in [5, 5.41) is 15.5. The molecule has 0 amide bonds. The first kappa shape index (κ1) is 12.8. The maximum Gasteiger partial charge on any atom is 0.128 e. The van der Waals surface area contributed by atoms with Crippen molar-refractivity contribution in [3.05, 3.63) is 18.2 Å². The molecule has 1 rings (SSSR count). The summed E-state index contributed by atoms with van der Waals surface area (Å²) in [6, 6.07) is 6.04. The quantitative estimate of drug-likeness (QED) is 0.690. The minimum Gasteiger partial charge on any atom is -0.396 e. The Balaban J connectivity index is 2.62. The van der Waals surface area contributed by atoms with Gasteiger partial charge in [0, 0.05) is 19.2 Å². The number of rotatable bonds is 6. The topological polar surface area (TPSA) is 57.2 Å². The Morgan fingerprint density at radius 2 is 2.00 bits per heavy atom. The molecular formula is C12H21N3O. The van der Waals surface area contributed by atoms with Gasteiger partial charge in [-0.2, -0.15) is 0 Å². The summed E-state index contributed by atoms with van der Waals surface area (Å²) in [4.78, 5) is 4.42. The summed E-state index contributed by atoms with van der Waals surface area (Å²) in [6.45, 7) is 7.13. The van der Waals surface area contributed by atoms with Crippen LogP contribution in [0.25, 0.3) is 0 Å². The molecule has 4 nitrogen and oxygen atoms in total. The highest BCUT2D eigenvalue weighted by Crippen LogP contribution is 2.12. The molecule has 0 saturated heterocycles. The lowest BCUT2D eigenvalue weighted by Gasteiger charge is -2.20. The second-order valence-electron chi connectivity index (χ2n) is 4.03. The minimum atomic E-state index is 0.182. The number of aliphatic hydroxyl groups is 1. The van der Waals surface area contributed by atoms with Gasteiger partial charge in [0.05, 0.1) is 0 Å². The molecule has 2 unspecified atom stereocenters. The second kappa shape index (κ2) is 6.33. The third-order valence-electron chi connectivity index (χ3n) is 2.62. The zero-order valence-corrected chi connectivity index (χ0v) is 10.2. The molecule has 0 aliphatic carbocycles. The summed E-state index contributed by atoms with van der Waals surface area (Å²) < 4.78 is 0. The number of aromatic nitrogens is 1. The molecule has 90 valence electrons. The van der Waals surface area contributed by atoms with Crippen molar-refractivity contribution in [3.8, 4) is 0 Å². The highest BCUT2D eigenvalue weighted by atomic mass is 16.3. The zero-order chi connectivity index (χ0) is 12.0. The molecule has 0 saturated carbocycles. The van der Waals surface area contributed by atoms with E-state index in [1.54, 1.807) is 0 Å². The Morgan fingerprint density at radius 3 is 2.62 bits per heavy atom. The van der Waals surface area contributed by atoms with Crippen LogP contribution in [0.3, 0.4) is 0 Å². The number of hydrogen-bond donors (Lipinski definition) is 3. The number of nitrogens with one attached hydrogen (secondary N) is 2. The van der Waals surface area contributed by atoms with Crippen molar-refractivity contribution >= 4 is 11.6 Å². The van der Waals surface area contributed by atoms with Gasteiger partial charge in [-0.15, -0.1) is 0 Å². The van der Waals surface area contributed by atoms with Crippen LogP contribution in [-0.2, 0) is 0 Å². The molecule has 2 atom stereocenters. The first-order valence-corrected chi connectivity index (χ1v) is 5.75. The van der Waals surface area contributed by atoms with E-state index >= 15 is 0 Å². The lowest BCUT2D eigenvalue weighted by molar-refractivity contribution is 0.226. The fourth-order valence-corrected chi connectivity index (χ4v) is 1.33. The van der Waals surface area contributed by atoms with Crippen LogP contribution < -0.4 is 10.6 Å². The van der Waals surface area contributed by atoms with Crippen LogP contribution in [0.2, 0.25) is 0 Å². The van der Waals surface area contributed by atoms with Crippen LogP contribution >= 0.6 is 0 Å². The summed E-state index contributed by atoms with van der Waals surface area (Å²) >= 11 is 0. The van der Waals surface area contributed by atoms with Crippen LogP contribution in [0.5, 0.6) is 0 Å². The summed E-state index contributed by atoms with van der Waals surface area (Å²) in [5.41, 5.74) is 0. The van der Waals surface area contributed by atoms with Gasteiger partial charge in [-0.1, -0.05) is 13.0 Å². The van der Waals surface area contributed by atoms with E-state index in [1.807, 2.05) is 39.0 Å². The van der Waals surface area contributed by atoms with Crippen molar-refractivity contribution < 1.29 is 5.11 Å². The average Bonchev–Trinajstić information content (AvgIpc) is 2.29. The van der Waals surface area contributed by atoms with Gasteiger partial charge in [-0.3, -0.25) is 0 Å². The Hall–Kier alpha value is -1.29. The fourth-order valence-electron chi connectivity index (χ4n) is 1.33. The molecule has 1 heterocycles. The van der Waals surface area contributed by atoms with Crippen molar-refractivity contribution in [2.45, 2.75) is 26.8 Å². The highest BCUT2D eigenvalue weighted by Gasteiger charge is 2.11.